The SMILES string of the molecule is Clc1cc(NCCOc2ccccc2)cnn1. The number of hydrogen-bond donors (Lipinski definition) is 1. The van der Waals surface area contributed by atoms with Gasteiger partial charge in [0, 0.05) is 12.6 Å². The van der Waals surface area contributed by atoms with Crippen LogP contribution in [0.25, 0.3) is 0 Å². The van der Waals surface area contributed by atoms with Gasteiger partial charge in [-0.2, -0.15) is 5.10 Å². The van der Waals surface area contributed by atoms with Gasteiger partial charge >= 0.3 is 0 Å². The Balaban J connectivity index is 1.73. The molecule has 88 valence electrons. The number of hydrogen-bond acceptors (Lipinski definition) is 4. The maximum Gasteiger partial charge on any atom is 0.153 e. The average molecular weight is 250 g/mol. The molecule has 1 aromatic carbocycles. The molecule has 0 saturated carbocycles. The molecule has 4 nitrogen and oxygen atoms in total. The van der Waals surface area contributed by atoms with Crippen molar-refractivity contribution in [2.45, 2.75) is 0 Å². The lowest BCUT2D eigenvalue weighted by Gasteiger charge is -2.07. The number of aromatic nitrogens is 2. The number of ether oxygens (including phenoxy) is 1. The van der Waals surface area contributed by atoms with Crippen molar-refractivity contribution in [3.63, 3.8) is 0 Å². The molecular formula is C12H12ClN3O. The summed E-state index contributed by atoms with van der Waals surface area (Å²) in [6.07, 6.45) is 1.62. The van der Waals surface area contributed by atoms with Crippen LogP contribution in [-0.4, -0.2) is 23.3 Å². The van der Waals surface area contributed by atoms with E-state index in [2.05, 4.69) is 15.5 Å². The van der Waals surface area contributed by atoms with E-state index in [1.807, 2.05) is 30.3 Å². The van der Waals surface area contributed by atoms with E-state index in [4.69, 9.17) is 16.3 Å². The van der Waals surface area contributed by atoms with Crippen LogP contribution in [0.3, 0.4) is 0 Å². The van der Waals surface area contributed by atoms with Crippen LogP contribution in [0, 0.1) is 0 Å². The molecule has 0 radical (unpaired) electrons. The first-order valence-corrected chi connectivity index (χ1v) is 5.62. The van der Waals surface area contributed by atoms with E-state index in [9.17, 15) is 0 Å². The molecule has 2 aromatic rings. The maximum absolute atomic E-state index is 5.71. The van der Waals surface area contributed by atoms with E-state index in [0.717, 1.165) is 11.4 Å². The van der Waals surface area contributed by atoms with E-state index in [1.54, 1.807) is 12.3 Å². The molecule has 5 heteroatoms. The first-order chi connectivity index (χ1) is 8.34. The second-order valence-corrected chi connectivity index (χ2v) is 3.74. The van der Waals surface area contributed by atoms with Gasteiger partial charge in [0.25, 0.3) is 0 Å². The predicted octanol–water partition coefficient (Wildman–Crippen LogP) is 2.62. The largest absolute Gasteiger partial charge is 0.492 e. The summed E-state index contributed by atoms with van der Waals surface area (Å²) in [5, 5.41) is 10.9. The van der Waals surface area contributed by atoms with Gasteiger partial charge in [-0.15, -0.1) is 5.10 Å². The summed E-state index contributed by atoms with van der Waals surface area (Å²) < 4.78 is 5.53. The van der Waals surface area contributed by atoms with Crippen molar-refractivity contribution in [3.8, 4) is 5.75 Å². The number of nitrogens with one attached hydrogen (secondary N) is 1. The Morgan fingerprint density at radius 3 is 2.82 bits per heavy atom. The molecule has 0 amide bonds. The van der Waals surface area contributed by atoms with Crippen molar-refractivity contribution in [2.75, 3.05) is 18.5 Å². The van der Waals surface area contributed by atoms with E-state index in [-0.39, 0.29) is 0 Å². The number of anilines is 1. The van der Waals surface area contributed by atoms with Crippen LogP contribution in [0.15, 0.2) is 42.6 Å². The van der Waals surface area contributed by atoms with Crippen LogP contribution in [0.4, 0.5) is 5.69 Å². The van der Waals surface area contributed by atoms with Crippen molar-refractivity contribution in [1.29, 1.82) is 0 Å². The van der Waals surface area contributed by atoms with Gasteiger partial charge in [-0.1, -0.05) is 29.8 Å². The van der Waals surface area contributed by atoms with Crippen LogP contribution < -0.4 is 10.1 Å². The predicted molar refractivity (Wildman–Crippen MR) is 67.5 cm³/mol. The molecule has 0 aliphatic heterocycles. The summed E-state index contributed by atoms with van der Waals surface area (Å²) in [6.45, 7) is 1.25. The average Bonchev–Trinajstić information content (AvgIpc) is 2.36. The minimum Gasteiger partial charge on any atom is -0.492 e. The molecular weight excluding hydrogens is 238 g/mol. The molecule has 0 atom stereocenters. The number of halogens is 1. The highest BCUT2D eigenvalue weighted by Gasteiger charge is 1.95. The fraction of sp³-hybridized carbons (Fsp3) is 0.167. The molecule has 1 aromatic heterocycles. The highest BCUT2D eigenvalue weighted by molar-refractivity contribution is 6.29. The molecule has 2 rings (SSSR count). The van der Waals surface area contributed by atoms with Crippen LogP contribution in [-0.2, 0) is 0 Å². The standard InChI is InChI=1S/C12H12ClN3O/c13-12-8-10(9-15-16-12)14-6-7-17-11-4-2-1-3-5-11/h1-5,8-9H,6-7H2,(H,14,16). The number of benzene rings is 1. The Bertz CT molecular complexity index is 464. The number of rotatable bonds is 5. The summed E-state index contributed by atoms with van der Waals surface area (Å²) in [5.74, 6) is 0.861. The fourth-order valence-corrected chi connectivity index (χ4v) is 1.48. The lowest BCUT2D eigenvalue weighted by Crippen LogP contribution is -2.11. The summed E-state index contributed by atoms with van der Waals surface area (Å²) >= 11 is 5.71. The fourth-order valence-electron chi connectivity index (χ4n) is 1.32. The quantitative estimate of drug-likeness (QED) is 0.828. The van der Waals surface area contributed by atoms with Gasteiger partial charge in [0.2, 0.25) is 0 Å². The van der Waals surface area contributed by atoms with E-state index in [0.29, 0.717) is 18.3 Å². The van der Waals surface area contributed by atoms with E-state index >= 15 is 0 Å². The van der Waals surface area contributed by atoms with Crippen LogP contribution in [0.5, 0.6) is 5.75 Å². The summed E-state index contributed by atoms with van der Waals surface area (Å²) in [7, 11) is 0. The van der Waals surface area contributed by atoms with E-state index < -0.39 is 0 Å². The Hall–Kier alpha value is -1.81. The van der Waals surface area contributed by atoms with Crippen LogP contribution in [0.1, 0.15) is 0 Å². The first kappa shape index (κ1) is 11.7. The van der Waals surface area contributed by atoms with Gasteiger partial charge in [0.05, 0.1) is 11.9 Å². The zero-order chi connectivity index (χ0) is 11.9. The summed E-state index contributed by atoms with van der Waals surface area (Å²) in [4.78, 5) is 0. The highest BCUT2D eigenvalue weighted by Crippen LogP contribution is 2.10. The van der Waals surface area contributed by atoms with Gasteiger partial charge in [-0.3, -0.25) is 0 Å². The molecule has 17 heavy (non-hydrogen) atoms. The smallest absolute Gasteiger partial charge is 0.153 e. The Labute approximate surface area is 105 Å². The van der Waals surface area contributed by atoms with Gasteiger partial charge in [0.1, 0.15) is 12.4 Å². The first-order valence-electron chi connectivity index (χ1n) is 5.24. The lowest BCUT2D eigenvalue weighted by atomic mass is 10.3. The molecule has 1 N–H and O–H groups in total. The Morgan fingerprint density at radius 2 is 2.06 bits per heavy atom. The molecule has 0 aliphatic carbocycles. The Kier molecular flexibility index (Phi) is 4.16. The molecule has 0 spiro atoms. The van der Waals surface area contributed by atoms with Crippen molar-refractivity contribution in [1.82, 2.24) is 10.2 Å². The van der Waals surface area contributed by atoms with Crippen LogP contribution >= 0.6 is 11.6 Å². The second-order valence-electron chi connectivity index (χ2n) is 3.36. The molecule has 0 fully saturated rings. The summed E-state index contributed by atoms with van der Waals surface area (Å²) in [5.41, 5.74) is 0.835. The zero-order valence-electron chi connectivity index (χ0n) is 9.14. The minimum absolute atomic E-state index is 0.374. The van der Waals surface area contributed by atoms with Crippen molar-refractivity contribution in [3.05, 3.63) is 47.7 Å². The van der Waals surface area contributed by atoms with Crippen LogP contribution in [0.2, 0.25) is 5.15 Å². The van der Waals surface area contributed by atoms with E-state index in [1.165, 1.54) is 0 Å². The molecule has 0 unspecified atom stereocenters. The lowest BCUT2D eigenvalue weighted by molar-refractivity contribution is 0.333. The van der Waals surface area contributed by atoms with Gasteiger partial charge < -0.3 is 10.1 Å². The highest BCUT2D eigenvalue weighted by atomic mass is 35.5. The van der Waals surface area contributed by atoms with Crippen molar-refractivity contribution >= 4 is 17.3 Å². The summed E-state index contributed by atoms with van der Waals surface area (Å²) in [6, 6.07) is 11.4. The normalized spacial score (nSPS) is 9.94. The maximum atomic E-state index is 5.71. The third kappa shape index (κ3) is 3.92. The molecule has 1 heterocycles. The second kappa shape index (κ2) is 6.06. The topological polar surface area (TPSA) is 47.0 Å². The third-order valence-electron chi connectivity index (χ3n) is 2.07. The zero-order valence-corrected chi connectivity index (χ0v) is 9.89. The number of nitrogens with zero attached hydrogens (tertiary/aromatic N) is 2. The molecule has 0 bridgehead atoms. The monoisotopic (exact) mass is 249 g/mol. The van der Waals surface area contributed by atoms with Crippen molar-refractivity contribution < 1.29 is 4.74 Å². The van der Waals surface area contributed by atoms with Gasteiger partial charge in [0.15, 0.2) is 5.15 Å². The minimum atomic E-state index is 0.374. The van der Waals surface area contributed by atoms with Gasteiger partial charge in [-0.05, 0) is 12.1 Å². The third-order valence-corrected chi connectivity index (χ3v) is 2.25. The Morgan fingerprint density at radius 1 is 1.24 bits per heavy atom. The van der Waals surface area contributed by atoms with Gasteiger partial charge in [-0.25, -0.2) is 0 Å². The number of para-hydroxylation sites is 1. The van der Waals surface area contributed by atoms with Crippen molar-refractivity contribution in [2.24, 2.45) is 0 Å². The molecule has 0 saturated heterocycles. The molecule has 0 aliphatic rings.